The summed E-state index contributed by atoms with van der Waals surface area (Å²) in [4.78, 5) is 15.3. The normalized spacial score (nSPS) is 12.6. The zero-order chi connectivity index (χ0) is 13.7. The third-order valence-electron chi connectivity index (χ3n) is 2.94. The standard InChI is InChI=1S/C14H21BrN2O/c1-5-17(11(2)9-16(3)4)13-7-6-12(10-18)14(15)8-13/h6-8,10-11H,5,9H2,1-4H3. The average molecular weight is 313 g/mol. The van der Waals surface area contributed by atoms with Gasteiger partial charge in [-0.15, -0.1) is 0 Å². The Morgan fingerprint density at radius 2 is 2.06 bits per heavy atom. The lowest BCUT2D eigenvalue weighted by Gasteiger charge is -2.32. The van der Waals surface area contributed by atoms with E-state index in [0.29, 0.717) is 11.6 Å². The fraction of sp³-hybridized carbons (Fsp3) is 0.500. The lowest BCUT2D eigenvalue weighted by Crippen LogP contribution is -2.40. The molecule has 4 heteroatoms. The molecule has 0 saturated heterocycles. The second-order valence-electron chi connectivity index (χ2n) is 4.72. The van der Waals surface area contributed by atoms with Crippen LogP contribution < -0.4 is 4.90 Å². The van der Waals surface area contributed by atoms with Gasteiger partial charge in [-0.05, 0) is 62.1 Å². The summed E-state index contributed by atoms with van der Waals surface area (Å²) >= 11 is 3.44. The molecule has 3 nitrogen and oxygen atoms in total. The van der Waals surface area contributed by atoms with Gasteiger partial charge in [0.2, 0.25) is 0 Å². The molecule has 100 valence electrons. The van der Waals surface area contributed by atoms with Gasteiger partial charge in [0, 0.05) is 34.9 Å². The highest BCUT2D eigenvalue weighted by Crippen LogP contribution is 2.24. The Morgan fingerprint density at radius 3 is 2.50 bits per heavy atom. The molecule has 0 radical (unpaired) electrons. The summed E-state index contributed by atoms with van der Waals surface area (Å²) in [6, 6.07) is 6.31. The van der Waals surface area contributed by atoms with Crippen molar-refractivity contribution in [2.45, 2.75) is 19.9 Å². The maximum atomic E-state index is 10.8. The first kappa shape index (κ1) is 15.2. The largest absolute Gasteiger partial charge is 0.368 e. The number of hydrogen-bond donors (Lipinski definition) is 0. The second kappa shape index (κ2) is 6.90. The zero-order valence-corrected chi connectivity index (χ0v) is 13.1. The molecule has 0 aliphatic heterocycles. The summed E-state index contributed by atoms with van der Waals surface area (Å²) in [5.74, 6) is 0. The summed E-state index contributed by atoms with van der Waals surface area (Å²) in [5.41, 5.74) is 1.83. The Labute approximate surface area is 118 Å². The van der Waals surface area contributed by atoms with Crippen LogP contribution in [0.4, 0.5) is 5.69 Å². The molecular weight excluding hydrogens is 292 g/mol. The van der Waals surface area contributed by atoms with Crippen LogP contribution in [-0.2, 0) is 0 Å². The van der Waals surface area contributed by atoms with Gasteiger partial charge in [0.15, 0.2) is 6.29 Å². The van der Waals surface area contributed by atoms with E-state index in [-0.39, 0.29) is 0 Å². The quantitative estimate of drug-likeness (QED) is 0.754. The number of likely N-dealkylation sites (N-methyl/N-ethyl adjacent to an activating group) is 2. The molecule has 0 aromatic heterocycles. The van der Waals surface area contributed by atoms with Crippen LogP contribution in [0.1, 0.15) is 24.2 Å². The number of hydrogen-bond acceptors (Lipinski definition) is 3. The van der Waals surface area contributed by atoms with Gasteiger partial charge in [0.25, 0.3) is 0 Å². The van der Waals surface area contributed by atoms with Gasteiger partial charge in [-0.25, -0.2) is 0 Å². The Kier molecular flexibility index (Phi) is 5.82. The van der Waals surface area contributed by atoms with Crippen molar-refractivity contribution < 1.29 is 4.79 Å². The van der Waals surface area contributed by atoms with Crippen LogP contribution >= 0.6 is 15.9 Å². The second-order valence-corrected chi connectivity index (χ2v) is 5.58. The Bertz CT molecular complexity index is 407. The van der Waals surface area contributed by atoms with Crippen molar-refractivity contribution in [2.75, 3.05) is 32.1 Å². The minimum absolute atomic E-state index is 0.430. The first-order valence-electron chi connectivity index (χ1n) is 6.15. The number of carbonyl (C=O) groups is 1. The predicted octanol–water partition coefficient (Wildman–Crippen LogP) is 3.04. The van der Waals surface area contributed by atoms with E-state index in [1.54, 1.807) is 0 Å². The average Bonchev–Trinajstić information content (AvgIpc) is 2.29. The van der Waals surface area contributed by atoms with Crippen molar-refractivity contribution in [1.82, 2.24) is 4.90 Å². The number of halogens is 1. The van der Waals surface area contributed by atoms with E-state index < -0.39 is 0 Å². The third kappa shape index (κ3) is 3.82. The fourth-order valence-corrected chi connectivity index (χ4v) is 2.63. The monoisotopic (exact) mass is 312 g/mol. The summed E-state index contributed by atoms with van der Waals surface area (Å²) in [6.45, 7) is 6.31. The molecule has 1 unspecified atom stereocenters. The SMILES string of the molecule is CCN(c1ccc(C=O)c(Br)c1)C(C)CN(C)C. The van der Waals surface area contributed by atoms with Crippen LogP contribution in [0, 0.1) is 0 Å². The number of nitrogens with zero attached hydrogens (tertiary/aromatic N) is 2. The predicted molar refractivity (Wildman–Crippen MR) is 80.6 cm³/mol. The van der Waals surface area contributed by atoms with E-state index in [1.807, 2.05) is 18.2 Å². The molecule has 0 aliphatic rings. The molecule has 1 rings (SSSR count). The maximum Gasteiger partial charge on any atom is 0.151 e. The Balaban J connectivity index is 2.94. The first-order chi connectivity index (χ1) is 8.49. The summed E-state index contributed by atoms with van der Waals surface area (Å²) in [7, 11) is 4.16. The van der Waals surface area contributed by atoms with Gasteiger partial charge in [-0.3, -0.25) is 4.79 Å². The van der Waals surface area contributed by atoms with E-state index in [1.165, 1.54) is 0 Å². The molecule has 0 fully saturated rings. The van der Waals surface area contributed by atoms with Gasteiger partial charge in [0.1, 0.15) is 0 Å². The van der Waals surface area contributed by atoms with Gasteiger partial charge in [-0.1, -0.05) is 0 Å². The lowest BCUT2D eigenvalue weighted by molar-refractivity contribution is 0.112. The highest BCUT2D eigenvalue weighted by atomic mass is 79.9. The van der Waals surface area contributed by atoms with Gasteiger partial charge < -0.3 is 9.80 Å². The molecule has 0 N–H and O–H groups in total. The van der Waals surface area contributed by atoms with Crippen molar-refractivity contribution in [3.63, 3.8) is 0 Å². The highest BCUT2D eigenvalue weighted by Gasteiger charge is 2.14. The zero-order valence-electron chi connectivity index (χ0n) is 11.5. The molecule has 0 heterocycles. The topological polar surface area (TPSA) is 23.6 Å². The van der Waals surface area contributed by atoms with Crippen molar-refractivity contribution >= 4 is 27.9 Å². The van der Waals surface area contributed by atoms with Crippen LogP contribution in [-0.4, -0.2) is 44.4 Å². The Morgan fingerprint density at radius 1 is 1.39 bits per heavy atom. The van der Waals surface area contributed by atoms with Gasteiger partial charge in [-0.2, -0.15) is 0 Å². The van der Waals surface area contributed by atoms with Gasteiger partial charge >= 0.3 is 0 Å². The highest BCUT2D eigenvalue weighted by molar-refractivity contribution is 9.10. The summed E-state index contributed by atoms with van der Waals surface area (Å²) < 4.78 is 0.852. The van der Waals surface area contributed by atoms with Gasteiger partial charge in [0.05, 0.1) is 0 Å². The number of anilines is 1. The first-order valence-corrected chi connectivity index (χ1v) is 6.95. The maximum absolute atomic E-state index is 10.8. The molecule has 1 aromatic rings. The van der Waals surface area contributed by atoms with E-state index in [9.17, 15) is 4.79 Å². The Hall–Kier alpha value is -0.870. The van der Waals surface area contributed by atoms with Crippen molar-refractivity contribution in [3.8, 4) is 0 Å². The molecule has 1 atom stereocenters. The smallest absolute Gasteiger partial charge is 0.151 e. The molecular formula is C14H21BrN2O. The molecule has 0 saturated carbocycles. The number of carbonyl (C=O) groups excluding carboxylic acids is 1. The molecule has 0 bridgehead atoms. The molecule has 0 amide bonds. The van der Waals surface area contributed by atoms with Crippen LogP contribution in [0.5, 0.6) is 0 Å². The van der Waals surface area contributed by atoms with Crippen LogP contribution in [0.25, 0.3) is 0 Å². The molecule has 18 heavy (non-hydrogen) atoms. The molecule has 0 aliphatic carbocycles. The van der Waals surface area contributed by atoms with Crippen LogP contribution in [0.2, 0.25) is 0 Å². The fourth-order valence-electron chi connectivity index (χ4n) is 2.17. The van der Waals surface area contributed by atoms with Crippen molar-refractivity contribution in [3.05, 3.63) is 28.2 Å². The van der Waals surface area contributed by atoms with Crippen molar-refractivity contribution in [1.29, 1.82) is 0 Å². The minimum Gasteiger partial charge on any atom is -0.368 e. The van der Waals surface area contributed by atoms with E-state index in [4.69, 9.17) is 0 Å². The van der Waals surface area contributed by atoms with E-state index in [0.717, 1.165) is 29.5 Å². The van der Waals surface area contributed by atoms with Crippen molar-refractivity contribution in [2.24, 2.45) is 0 Å². The summed E-state index contributed by atoms with van der Waals surface area (Å²) in [5, 5.41) is 0. The van der Waals surface area contributed by atoms with Crippen LogP contribution in [0.3, 0.4) is 0 Å². The molecule has 1 aromatic carbocycles. The minimum atomic E-state index is 0.430. The van der Waals surface area contributed by atoms with E-state index in [2.05, 4.69) is 53.7 Å². The molecule has 0 spiro atoms. The lowest BCUT2D eigenvalue weighted by atomic mass is 10.1. The summed E-state index contributed by atoms with van der Waals surface area (Å²) in [6.07, 6.45) is 0.868. The number of aldehydes is 1. The number of benzene rings is 1. The van der Waals surface area contributed by atoms with E-state index >= 15 is 0 Å². The number of rotatable bonds is 6. The third-order valence-corrected chi connectivity index (χ3v) is 3.63. The van der Waals surface area contributed by atoms with Crippen LogP contribution in [0.15, 0.2) is 22.7 Å².